The molecule has 0 radical (unpaired) electrons. The van der Waals surface area contributed by atoms with Crippen molar-refractivity contribution in [3.8, 4) is 5.75 Å². The first-order valence-corrected chi connectivity index (χ1v) is 8.06. The van der Waals surface area contributed by atoms with Crippen molar-refractivity contribution in [3.05, 3.63) is 64.2 Å². The standard InChI is InChI=1S/C16H16N2O4S/c1-22-14-9-8-12(18(20)21)10-13(14)17-16(19)15(23-2)11-6-4-3-5-7-11/h3-10,15H,1-2H3,(H,17,19)/t15-/m0/s1. The number of nitro benzene ring substituents is 1. The van der Waals surface area contributed by atoms with E-state index in [0.717, 1.165) is 5.56 Å². The molecule has 0 spiro atoms. The van der Waals surface area contributed by atoms with E-state index in [9.17, 15) is 14.9 Å². The van der Waals surface area contributed by atoms with E-state index in [0.29, 0.717) is 5.75 Å². The number of nitrogens with one attached hydrogen (secondary N) is 1. The van der Waals surface area contributed by atoms with Gasteiger partial charge in [-0.2, -0.15) is 0 Å². The van der Waals surface area contributed by atoms with Gasteiger partial charge in [0.1, 0.15) is 11.0 Å². The summed E-state index contributed by atoms with van der Waals surface area (Å²) in [5.41, 5.74) is 1.03. The van der Waals surface area contributed by atoms with Gasteiger partial charge in [-0.15, -0.1) is 11.8 Å². The van der Waals surface area contributed by atoms with Crippen molar-refractivity contribution in [2.75, 3.05) is 18.7 Å². The second kappa shape index (κ2) is 7.64. The molecule has 0 unspecified atom stereocenters. The summed E-state index contributed by atoms with van der Waals surface area (Å²) in [5, 5.41) is 13.2. The molecule has 0 saturated carbocycles. The van der Waals surface area contributed by atoms with Crippen molar-refractivity contribution >= 4 is 29.0 Å². The smallest absolute Gasteiger partial charge is 0.271 e. The Labute approximate surface area is 138 Å². The highest BCUT2D eigenvalue weighted by atomic mass is 32.2. The molecule has 0 aliphatic carbocycles. The third-order valence-electron chi connectivity index (χ3n) is 3.23. The molecule has 2 rings (SSSR count). The molecule has 0 aromatic heterocycles. The van der Waals surface area contributed by atoms with Crippen molar-refractivity contribution in [3.63, 3.8) is 0 Å². The van der Waals surface area contributed by atoms with E-state index >= 15 is 0 Å². The fraction of sp³-hybridized carbons (Fsp3) is 0.188. The molecule has 0 aliphatic heterocycles. The van der Waals surface area contributed by atoms with Crippen molar-refractivity contribution in [1.29, 1.82) is 0 Å². The van der Waals surface area contributed by atoms with Crippen LogP contribution >= 0.6 is 11.8 Å². The van der Waals surface area contributed by atoms with Gasteiger partial charge >= 0.3 is 0 Å². The maximum absolute atomic E-state index is 12.5. The van der Waals surface area contributed by atoms with Gasteiger partial charge in [0.2, 0.25) is 5.91 Å². The first-order chi connectivity index (χ1) is 11.1. The second-order valence-corrected chi connectivity index (χ2v) is 5.60. The lowest BCUT2D eigenvalue weighted by molar-refractivity contribution is -0.384. The average molecular weight is 332 g/mol. The maximum Gasteiger partial charge on any atom is 0.271 e. The van der Waals surface area contributed by atoms with Gasteiger partial charge in [0.15, 0.2) is 0 Å². The highest BCUT2D eigenvalue weighted by molar-refractivity contribution is 7.99. The van der Waals surface area contributed by atoms with Gasteiger partial charge in [0, 0.05) is 12.1 Å². The number of carbonyl (C=O) groups excluding carboxylic acids is 1. The average Bonchev–Trinajstić information content (AvgIpc) is 2.56. The predicted molar refractivity (Wildman–Crippen MR) is 91.0 cm³/mol. The van der Waals surface area contributed by atoms with Gasteiger partial charge in [0.05, 0.1) is 17.7 Å². The topological polar surface area (TPSA) is 81.5 Å². The first-order valence-electron chi connectivity index (χ1n) is 6.78. The first kappa shape index (κ1) is 16.8. The van der Waals surface area contributed by atoms with Crippen LogP contribution in [0.4, 0.5) is 11.4 Å². The number of benzene rings is 2. The Hall–Kier alpha value is -2.54. The minimum absolute atomic E-state index is 0.110. The lowest BCUT2D eigenvalue weighted by atomic mass is 10.1. The molecule has 0 fully saturated rings. The SMILES string of the molecule is COc1ccc([N+](=O)[O-])cc1NC(=O)[C@@H](SC)c1ccccc1. The molecule has 0 bridgehead atoms. The summed E-state index contributed by atoms with van der Waals surface area (Å²) >= 11 is 1.39. The van der Waals surface area contributed by atoms with Crippen molar-refractivity contribution < 1.29 is 14.5 Å². The Bertz CT molecular complexity index is 706. The number of hydrogen-bond acceptors (Lipinski definition) is 5. The van der Waals surface area contributed by atoms with Crippen molar-refractivity contribution in [1.82, 2.24) is 0 Å². The number of rotatable bonds is 6. The Balaban J connectivity index is 2.28. The lowest BCUT2D eigenvalue weighted by Crippen LogP contribution is -2.19. The molecule has 0 saturated heterocycles. The van der Waals surface area contributed by atoms with Gasteiger partial charge in [-0.1, -0.05) is 30.3 Å². The van der Waals surface area contributed by atoms with E-state index < -0.39 is 10.2 Å². The molecule has 1 atom stereocenters. The summed E-state index contributed by atoms with van der Waals surface area (Å²) in [6.45, 7) is 0. The minimum atomic E-state index is -0.516. The summed E-state index contributed by atoms with van der Waals surface area (Å²) in [5.74, 6) is 0.111. The zero-order valence-electron chi connectivity index (χ0n) is 12.7. The number of ether oxygens (including phenoxy) is 1. The molecule has 23 heavy (non-hydrogen) atoms. The summed E-state index contributed by atoms with van der Waals surface area (Å²) < 4.78 is 5.16. The van der Waals surface area contributed by atoms with Gasteiger partial charge in [-0.25, -0.2) is 0 Å². The van der Waals surface area contributed by atoms with E-state index in [2.05, 4.69) is 5.32 Å². The number of carbonyl (C=O) groups is 1. The van der Waals surface area contributed by atoms with Crippen LogP contribution in [-0.4, -0.2) is 24.2 Å². The molecule has 2 aromatic rings. The molecule has 0 heterocycles. The Morgan fingerprint density at radius 3 is 2.52 bits per heavy atom. The number of hydrogen-bond donors (Lipinski definition) is 1. The number of anilines is 1. The van der Waals surface area contributed by atoms with Gasteiger partial charge in [-0.05, 0) is 17.9 Å². The maximum atomic E-state index is 12.5. The Kier molecular flexibility index (Phi) is 5.59. The van der Waals surface area contributed by atoms with Crippen LogP contribution < -0.4 is 10.1 Å². The Morgan fingerprint density at radius 2 is 1.96 bits per heavy atom. The highest BCUT2D eigenvalue weighted by Crippen LogP contribution is 2.32. The molecule has 1 N–H and O–H groups in total. The van der Waals surface area contributed by atoms with Crippen LogP contribution in [0.25, 0.3) is 0 Å². The fourth-order valence-corrected chi connectivity index (χ4v) is 2.83. The van der Waals surface area contributed by atoms with E-state index in [4.69, 9.17) is 4.74 Å². The molecule has 2 aromatic carbocycles. The largest absolute Gasteiger partial charge is 0.495 e. The van der Waals surface area contributed by atoms with E-state index in [1.54, 1.807) is 0 Å². The zero-order valence-corrected chi connectivity index (χ0v) is 13.5. The Morgan fingerprint density at radius 1 is 1.26 bits per heavy atom. The zero-order chi connectivity index (χ0) is 16.8. The number of nitrogens with zero attached hydrogens (tertiary/aromatic N) is 1. The second-order valence-electron chi connectivity index (χ2n) is 4.66. The monoisotopic (exact) mass is 332 g/mol. The molecular formula is C16H16N2O4S. The number of methoxy groups -OCH3 is 1. The van der Waals surface area contributed by atoms with E-state index in [1.807, 2.05) is 36.6 Å². The minimum Gasteiger partial charge on any atom is -0.495 e. The molecular weight excluding hydrogens is 316 g/mol. The van der Waals surface area contributed by atoms with Crippen LogP contribution in [0, 0.1) is 10.1 Å². The van der Waals surface area contributed by atoms with Crippen LogP contribution in [0.15, 0.2) is 48.5 Å². The van der Waals surface area contributed by atoms with Crippen molar-refractivity contribution in [2.24, 2.45) is 0 Å². The molecule has 0 aliphatic rings. The van der Waals surface area contributed by atoms with Gasteiger partial charge in [-0.3, -0.25) is 14.9 Å². The number of thioether (sulfide) groups is 1. The molecule has 1 amide bonds. The summed E-state index contributed by atoms with van der Waals surface area (Å²) in [6, 6.07) is 13.4. The predicted octanol–water partition coefficient (Wildman–Crippen LogP) is 3.65. The lowest BCUT2D eigenvalue weighted by Gasteiger charge is -2.16. The van der Waals surface area contributed by atoms with E-state index in [1.165, 1.54) is 37.1 Å². The highest BCUT2D eigenvalue weighted by Gasteiger charge is 2.21. The van der Waals surface area contributed by atoms with Crippen LogP contribution in [0.5, 0.6) is 5.75 Å². The normalized spacial score (nSPS) is 11.6. The van der Waals surface area contributed by atoms with Crippen LogP contribution in [0.1, 0.15) is 10.8 Å². The fourth-order valence-electron chi connectivity index (χ4n) is 2.13. The van der Waals surface area contributed by atoms with Crippen molar-refractivity contribution in [2.45, 2.75) is 5.25 Å². The molecule has 7 heteroatoms. The summed E-state index contributed by atoms with van der Waals surface area (Å²) in [4.78, 5) is 22.9. The molecule has 120 valence electrons. The third-order valence-corrected chi connectivity index (χ3v) is 4.19. The summed E-state index contributed by atoms with van der Waals surface area (Å²) in [6.07, 6.45) is 1.84. The number of non-ortho nitro benzene ring substituents is 1. The van der Waals surface area contributed by atoms with Crippen LogP contribution in [-0.2, 0) is 4.79 Å². The van der Waals surface area contributed by atoms with Gasteiger partial charge in [0.25, 0.3) is 5.69 Å². The van der Waals surface area contributed by atoms with Crippen LogP contribution in [0.3, 0.4) is 0 Å². The van der Waals surface area contributed by atoms with Crippen LogP contribution in [0.2, 0.25) is 0 Å². The quantitative estimate of drug-likeness (QED) is 0.645. The number of amides is 1. The summed E-state index contributed by atoms with van der Waals surface area (Å²) in [7, 11) is 1.44. The third kappa shape index (κ3) is 4.01. The van der Waals surface area contributed by atoms with E-state index in [-0.39, 0.29) is 17.3 Å². The molecule has 6 nitrogen and oxygen atoms in total. The van der Waals surface area contributed by atoms with Gasteiger partial charge < -0.3 is 10.1 Å². The number of nitro groups is 1.